The Morgan fingerprint density at radius 1 is 1.33 bits per heavy atom. The molecule has 1 aromatic carbocycles. The molecule has 0 fully saturated rings. The molecule has 0 aliphatic carbocycles. The normalized spacial score (nSPS) is 10.3. The zero-order chi connectivity index (χ0) is 9.14. The van der Waals surface area contributed by atoms with Gasteiger partial charge in [0.25, 0.3) is 0 Å². The molecule has 66 valence electrons. The molecule has 1 rings (SSSR count). The third-order valence-electron chi connectivity index (χ3n) is 1.66. The maximum Gasteiger partial charge on any atom is 0.120 e. The van der Waals surface area contributed by atoms with E-state index in [1.165, 1.54) is 0 Å². The second kappa shape index (κ2) is 3.48. The molecule has 12 heavy (non-hydrogen) atoms. The smallest absolute Gasteiger partial charge is 0.120 e. The summed E-state index contributed by atoms with van der Waals surface area (Å²) >= 11 is 0. The standard InChI is InChI=1S/C10H15NO/c1-7(2)11-9-5-4-8(3)10(12)6-9/h4-7,11-12H,1-3H3. The minimum atomic E-state index is 0.348. The number of hydrogen-bond donors (Lipinski definition) is 2. The predicted octanol–water partition coefficient (Wildman–Crippen LogP) is 2.52. The monoisotopic (exact) mass is 165 g/mol. The average molecular weight is 165 g/mol. The summed E-state index contributed by atoms with van der Waals surface area (Å²) in [5.41, 5.74) is 1.87. The highest BCUT2D eigenvalue weighted by molar-refractivity contribution is 5.51. The van der Waals surface area contributed by atoms with Gasteiger partial charge in [-0.05, 0) is 32.4 Å². The Bertz CT molecular complexity index is 269. The number of anilines is 1. The predicted molar refractivity (Wildman–Crippen MR) is 51.6 cm³/mol. The van der Waals surface area contributed by atoms with Gasteiger partial charge in [0.15, 0.2) is 0 Å². The van der Waals surface area contributed by atoms with Crippen LogP contribution < -0.4 is 5.32 Å². The maximum atomic E-state index is 9.37. The van der Waals surface area contributed by atoms with Gasteiger partial charge in [-0.1, -0.05) is 6.07 Å². The van der Waals surface area contributed by atoms with Crippen LogP contribution in [0.2, 0.25) is 0 Å². The molecule has 0 atom stereocenters. The third kappa shape index (κ3) is 2.16. The third-order valence-corrected chi connectivity index (χ3v) is 1.66. The van der Waals surface area contributed by atoms with E-state index in [9.17, 15) is 5.11 Å². The minimum Gasteiger partial charge on any atom is -0.508 e. The van der Waals surface area contributed by atoms with Gasteiger partial charge in [-0.15, -0.1) is 0 Å². The molecule has 2 nitrogen and oxygen atoms in total. The van der Waals surface area contributed by atoms with Crippen molar-refractivity contribution in [1.29, 1.82) is 0 Å². The zero-order valence-electron chi connectivity index (χ0n) is 7.76. The Morgan fingerprint density at radius 2 is 2.00 bits per heavy atom. The Hall–Kier alpha value is -1.18. The molecular formula is C10H15NO. The molecule has 0 radical (unpaired) electrons. The second-order valence-electron chi connectivity index (χ2n) is 3.30. The topological polar surface area (TPSA) is 32.3 Å². The van der Waals surface area contributed by atoms with E-state index < -0.39 is 0 Å². The van der Waals surface area contributed by atoms with Crippen molar-refractivity contribution in [1.82, 2.24) is 0 Å². The van der Waals surface area contributed by atoms with Crippen molar-refractivity contribution >= 4 is 5.69 Å². The largest absolute Gasteiger partial charge is 0.508 e. The van der Waals surface area contributed by atoms with Crippen LogP contribution in [0.25, 0.3) is 0 Å². The fourth-order valence-electron chi connectivity index (χ4n) is 1.03. The number of benzene rings is 1. The fraction of sp³-hybridized carbons (Fsp3) is 0.400. The van der Waals surface area contributed by atoms with E-state index in [0.29, 0.717) is 11.8 Å². The quantitative estimate of drug-likeness (QED) is 0.705. The summed E-state index contributed by atoms with van der Waals surface area (Å²) in [7, 11) is 0. The summed E-state index contributed by atoms with van der Waals surface area (Å²) < 4.78 is 0. The Morgan fingerprint density at radius 3 is 2.50 bits per heavy atom. The van der Waals surface area contributed by atoms with Crippen molar-refractivity contribution in [3.63, 3.8) is 0 Å². The molecule has 0 unspecified atom stereocenters. The van der Waals surface area contributed by atoms with Crippen LogP contribution in [0.4, 0.5) is 5.69 Å². The summed E-state index contributed by atoms with van der Waals surface area (Å²) in [4.78, 5) is 0. The van der Waals surface area contributed by atoms with Crippen molar-refractivity contribution in [2.75, 3.05) is 5.32 Å². The van der Waals surface area contributed by atoms with E-state index in [0.717, 1.165) is 11.3 Å². The van der Waals surface area contributed by atoms with Gasteiger partial charge >= 0.3 is 0 Å². The molecule has 0 aliphatic heterocycles. The van der Waals surface area contributed by atoms with Crippen LogP contribution >= 0.6 is 0 Å². The molecule has 0 saturated carbocycles. The molecule has 1 aromatic rings. The maximum absolute atomic E-state index is 9.37. The molecule has 0 aliphatic rings. The van der Waals surface area contributed by atoms with E-state index in [2.05, 4.69) is 19.2 Å². The van der Waals surface area contributed by atoms with Gasteiger partial charge < -0.3 is 10.4 Å². The SMILES string of the molecule is Cc1ccc(NC(C)C)cc1O. The lowest BCUT2D eigenvalue weighted by molar-refractivity contribution is 0.471. The van der Waals surface area contributed by atoms with Crippen LogP contribution in [0.5, 0.6) is 5.75 Å². The highest BCUT2D eigenvalue weighted by Gasteiger charge is 1.98. The van der Waals surface area contributed by atoms with Crippen molar-refractivity contribution < 1.29 is 5.11 Å². The number of aromatic hydroxyl groups is 1. The van der Waals surface area contributed by atoms with Crippen LogP contribution in [-0.4, -0.2) is 11.1 Å². The van der Waals surface area contributed by atoms with Crippen LogP contribution in [0.15, 0.2) is 18.2 Å². The number of hydrogen-bond acceptors (Lipinski definition) is 2. The van der Waals surface area contributed by atoms with Gasteiger partial charge in [0, 0.05) is 17.8 Å². The highest BCUT2D eigenvalue weighted by Crippen LogP contribution is 2.20. The number of phenolic OH excluding ortho intramolecular Hbond substituents is 1. The molecule has 0 saturated heterocycles. The zero-order valence-corrected chi connectivity index (χ0v) is 7.76. The van der Waals surface area contributed by atoms with Crippen LogP contribution in [-0.2, 0) is 0 Å². The van der Waals surface area contributed by atoms with Crippen LogP contribution in [0, 0.1) is 6.92 Å². The number of rotatable bonds is 2. The summed E-state index contributed by atoms with van der Waals surface area (Å²) in [5.74, 6) is 0.348. The van der Waals surface area contributed by atoms with Gasteiger partial charge in [-0.2, -0.15) is 0 Å². The van der Waals surface area contributed by atoms with E-state index >= 15 is 0 Å². The fourth-order valence-corrected chi connectivity index (χ4v) is 1.03. The summed E-state index contributed by atoms with van der Waals surface area (Å²) in [6, 6.07) is 6.01. The summed E-state index contributed by atoms with van der Waals surface area (Å²) in [5, 5.41) is 12.6. The molecule has 0 amide bonds. The Kier molecular flexibility index (Phi) is 2.58. The lowest BCUT2D eigenvalue weighted by Crippen LogP contribution is -2.09. The van der Waals surface area contributed by atoms with Crippen LogP contribution in [0.1, 0.15) is 19.4 Å². The van der Waals surface area contributed by atoms with Gasteiger partial charge in [-0.25, -0.2) is 0 Å². The minimum absolute atomic E-state index is 0.348. The first-order valence-corrected chi connectivity index (χ1v) is 4.16. The highest BCUT2D eigenvalue weighted by atomic mass is 16.3. The molecule has 0 aromatic heterocycles. The van der Waals surface area contributed by atoms with Crippen molar-refractivity contribution in [2.24, 2.45) is 0 Å². The van der Waals surface area contributed by atoms with Gasteiger partial charge in [0.2, 0.25) is 0 Å². The van der Waals surface area contributed by atoms with Gasteiger partial charge in [0.05, 0.1) is 0 Å². The molecular weight excluding hydrogens is 150 g/mol. The number of aryl methyl sites for hydroxylation is 1. The van der Waals surface area contributed by atoms with E-state index in [4.69, 9.17) is 0 Å². The first-order valence-electron chi connectivity index (χ1n) is 4.16. The lowest BCUT2D eigenvalue weighted by Gasteiger charge is -2.10. The number of phenols is 1. The van der Waals surface area contributed by atoms with Crippen molar-refractivity contribution in [2.45, 2.75) is 26.8 Å². The van der Waals surface area contributed by atoms with Crippen molar-refractivity contribution in [3.05, 3.63) is 23.8 Å². The molecule has 0 heterocycles. The van der Waals surface area contributed by atoms with Gasteiger partial charge in [0.1, 0.15) is 5.75 Å². The Labute approximate surface area is 73.2 Å². The number of nitrogens with one attached hydrogen (secondary N) is 1. The first kappa shape index (κ1) is 8.91. The van der Waals surface area contributed by atoms with E-state index in [1.807, 2.05) is 19.1 Å². The van der Waals surface area contributed by atoms with E-state index in [1.54, 1.807) is 6.07 Å². The average Bonchev–Trinajstić information content (AvgIpc) is 1.96. The van der Waals surface area contributed by atoms with Gasteiger partial charge in [-0.3, -0.25) is 0 Å². The molecule has 2 heteroatoms. The molecule has 0 spiro atoms. The Balaban J connectivity index is 2.82. The first-order chi connectivity index (χ1) is 5.59. The summed E-state index contributed by atoms with van der Waals surface area (Å²) in [6.45, 7) is 6.02. The summed E-state index contributed by atoms with van der Waals surface area (Å²) in [6.07, 6.45) is 0. The van der Waals surface area contributed by atoms with E-state index in [-0.39, 0.29) is 0 Å². The van der Waals surface area contributed by atoms with Crippen molar-refractivity contribution in [3.8, 4) is 5.75 Å². The second-order valence-corrected chi connectivity index (χ2v) is 3.30. The molecule has 2 N–H and O–H groups in total. The van der Waals surface area contributed by atoms with Crippen LogP contribution in [0.3, 0.4) is 0 Å². The lowest BCUT2D eigenvalue weighted by atomic mass is 10.2. The molecule has 0 bridgehead atoms.